The van der Waals surface area contributed by atoms with E-state index in [4.69, 9.17) is 0 Å². The van der Waals surface area contributed by atoms with Crippen LogP contribution in [0.15, 0.2) is 42.7 Å². The highest BCUT2D eigenvalue weighted by Gasteiger charge is 2.42. The number of urea groups is 1. The molecule has 3 atom stereocenters. The number of hydrogen-bond donors (Lipinski definition) is 2. The molecule has 4 amide bonds. The molecule has 4 heterocycles. The zero-order chi connectivity index (χ0) is 22.7. The minimum atomic E-state index is -0.551. The number of carbonyl (C=O) groups excluding carboxylic acids is 3. The first-order valence-corrected chi connectivity index (χ1v) is 11.3. The van der Waals surface area contributed by atoms with E-state index in [-0.39, 0.29) is 30.2 Å². The number of likely N-dealkylation sites (tertiary alicyclic amines) is 1. The van der Waals surface area contributed by atoms with Gasteiger partial charge >= 0.3 is 6.03 Å². The highest BCUT2D eigenvalue weighted by molar-refractivity contribution is 6.00. The largest absolute Gasteiger partial charge is 0.338 e. The van der Waals surface area contributed by atoms with Crippen molar-refractivity contribution < 1.29 is 14.4 Å². The van der Waals surface area contributed by atoms with Crippen molar-refractivity contribution in [1.82, 2.24) is 30.1 Å². The topological polar surface area (TPSA) is 109 Å². The van der Waals surface area contributed by atoms with E-state index < -0.39 is 11.9 Å². The van der Waals surface area contributed by atoms with E-state index in [1.165, 1.54) is 0 Å². The fourth-order valence-electron chi connectivity index (χ4n) is 5.03. The Morgan fingerprint density at radius 3 is 2.79 bits per heavy atom. The number of imidazole rings is 1. The summed E-state index contributed by atoms with van der Waals surface area (Å²) in [5, 5.41) is 9.56. The second-order valence-electron chi connectivity index (χ2n) is 9.36. The minimum Gasteiger partial charge on any atom is -0.338 e. The number of aromatic nitrogens is 3. The molecular formula is C24H24N6O3. The third kappa shape index (κ3) is 3.44. The molecule has 9 nitrogen and oxygen atoms in total. The van der Waals surface area contributed by atoms with Gasteiger partial charge in [-0.3, -0.25) is 14.9 Å². The Morgan fingerprint density at radius 2 is 2.00 bits per heavy atom. The van der Waals surface area contributed by atoms with Gasteiger partial charge < -0.3 is 10.2 Å². The van der Waals surface area contributed by atoms with Crippen molar-refractivity contribution in [3.8, 4) is 0 Å². The molecule has 1 saturated carbocycles. The lowest BCUT2D eigenvalue weighted by atomic mass is 9.97. The third-order valence-corrected chi connectivity index (χ3v) is 6.89. The average molecular weight is 444 g/mol. The van der Waals surface area contributed by atoms with Crippen LogP contribution in [-0.2, 0) is 4.79 Å². The number of rotatable bonds is 4. The number of amides is 4. The van der Waals surface area contributed by atoms with Crippen LogP contribution in [0.4, 0.5) is 4.79 Å². The number of benzene rings is 1. The van der Waals surface area contributed by atoms with Crippen LogP contribution in [0.2, 0.25) is 0 Å². The van der Waals surface area contributed by atoms with E-state index in [0.29, 0.717) is 11.6 Å². The van der Waals surface area contributed by atoms with E-state index in [1.54, 1.807) is 16.9 Å². The van der Waals surface area contributed by atoms with E-state index in [1.807, 2.05) is 29.2 Å². The summed E-state index contributed by atoms with van der Waals surface area (Å²) < 4.78 is 1.70. The number of nitrogens with one attached hydrogen (secondary N) is 2. The van der Waals surface area contributed by atoms with E-state index in [0.717, 1.165) is 41.8 Å². The summed E-state index contributed by atoms with van der Waals surface area (Å²) in [5.41, 5.74) is 4.29. The van der Waals surface area contributed by atoms with Crippen LogP contribution < -0.4 is 10.6 Å². The van der Waals surface area contributed by atoms with Gasteiger partial charge in [0.1, 0.15) is 0 Å². The van der Waals surface area contributed by atoms with Gasteiger partial charge in [0, 0.05) is 43.2 Å². The van der Waals surface area contributed by atoms with Crippen LogP contribution in [0.5, 0.6) is 0 Å². The molecule has 0 radical (unpaired) electrons. The second-order valence-corrected chi connectivity index (χ2v) is 9.36. The molecule has 3 fully saturated rings. The Bertz CT molecular complexity index is 1290. The summed E-state index contributed by atoms with van der Waals surface area (Å²) in [7, 11) is 0. The molecule has 33 heavy (non-hydrogen) atoms. The molecule has 1 unspecified atom stereocenters. The zero-order valence-corrected chi connectivity index (χ0v) is 18.2. The first-order valence-electron chi connectivity index (χ1n) is 11.3. The van der Waals surface area contributed by atoms with Crippen LogP contribution >= 0.6 is 0 Å². The van der Waals surface area contributed by atoms with Crippen molar-refractivity contribution in [2.75, 3.05) is 19.6 Å². The molecule has 3 aliphatic rings. The Balaban J connectivity index is 1.28. The van der Waals surface area contributed by atoms with Crippen LogP contribution in [0.25, 0.3) is 5.65 Å². The molecule has 2 saturated heterocycles. The molecule has 2 aliphatic heterocycles. The van der Waals surface area contributed by atoms with Crippen LogP contribution in [0.1, 0.15) is 58.3 Å². The average Bonchev–Trinajstić information content (AvgIpc) is 3.44. The number of nitrogens with zero attached hydrogens (tertiary/aromatic N) is 4. The smallest absolute Gasteiger partial charge is 0.321 e. The van der Waals surface area contributed by atoms with Crippen molar-refractivity contribution in [3.05, 3.63) is 65.1 Å². The van der Waals surface area contributed by atoms with Gasteiger partial charge in [-0.15, -0.1) is 0 Å². The van der Waals surface area contributed by atoms with Crippen molar-refractivity contribution in [3.63, 3.8) is 0 Å². The summed E-state index contributed by atoms with van der Waals surface area (Å²) in [6.45, 7) is 4.01. The Hall–Kier alpha value is -3.75. The lowest BCUT2D eigenvalue weighted by Crippen LogP contribution is -2.51. The normalized spacial score (nSPS) is 24.9. The molecule has 1 aliphatic carbocycles. The zero-order valence-electron chi connectivity index (χ0n) is 18.2. The van der Waals surface area contributed by atoms with Crippen LogP contribution in [0.3, 0.4) is 0 Å². The molecule has 168 valence electrons. The predicted molar refractivity (Wildman–Crippen MR) is 119 cm³/mol. The quantitative estimate of drug-likeness (QED) is 0.640. The maximum atomic E-state index is 12.8. The summed E-state index contributed by atoms with van der Waals surface area (Å²) >= 11 is 0. The van der Waals surface area contributed by atoms with Gasteiger partial charge in [-0.1, -0.05) is 19.1 Å². The highest BCUT2D eigenvalue weighted by atomic mass is 16.2. The summed E-state index contributed by atoms with van der Waals surface area (Å²) in [6.07, 6.45) is 4.41. The van der Waals surface area contributed by atoms with Gasteiger partial charge in [0.2, 0.25) is 5.91 Å². The third-order valence-electron chi connectivity index (χ3n) is 6.89. The molecule has 0 bridgehead atoms. The Labute approximate surface area is 190 Å². The van der Waals surface area contributed by atoms with Crippen LogP contribution in [-0.4, -0.2) is 57.0 Å². The van der Waals surface area contributed by atoms with Gasteiger partial charge in [-0.25, -0.2) is 14.3 Å². The number of imide groups is 1. The Kier molecular flexibility index (Phi) is 4.46. The molecule has 0 spiro atoms. The van der Waals surface area contributed by atoms with Crippen molar-refractivity contribution in [2.45, 2.75) is 31.1 Å². The maximum Gasteiger partial charge on any atom is 0.321 e. The maximum absolute atomic E-state index is 12.8. The lowest BCUT2D eigenvalue weighted by Gasteiger charge is -2.37. The van der Waals surface area contributed by atoms with Gasteiger partial charge in [-0.05, 0) is 47.9 Å². The fraction of sp³-hybridized carbons (Fsp3) is 0.375. The summed E-state index contributed by atoms with van der Waals surface area (Å²) in [5.74, 6) is 0.276. The molecule has 2 N–H and O–H groups in total. The number of fused-ring (bicyclic) bond motifs is 1. The van der Waals surface area contributed by atoms with E-state index >= 15 is 0 Å². The van der Waals surface area contributed by atoms with Gasteiger partial charge in [0.25, 0.3) is 5.91 Å². The monoisotopic (exact) mass is 444 g/mol. The van der Waals surface area contributed by atoms with Gasteiger partial charge in [0.05, 0.1) is 11.6 Å². The molecule has 6 rings (SSSR count). The number of carbonyl (C=O) groups is 3. The number of hydrogen-bond acceptors (Lipinski definition) is 5. The first kappa shape index (κ1) is 19.9. The Morgan fingerprint density at radius 1 is 1.15 bits per heavy atom. The first-order chi connectivity index (χ1) is 16.0. The predicted octanol–water partition coefficient (Wildman–Crippen LogP) is 2.02. The summed E-state index contributed by atoms with van der Waals surface area (Å²) in [6, 6.07) is 9.41. The van der Waals surface area contributed by atoms with E-state index in [2.05, 4.69) is 33.7 Å². The van der Waals surface area contributed by atoms with E-state index in [9.17, 15) is 14.4 Å². The van der Waals surface area contributed by atoms with Crippen molar-refractivity contribution in [1.29, 1.82) is 0 Å². The SMILES string of the molecule is CC1CN(C(=O)c2cccc([C@H]3C[C@@H]3c3cc(C4CNC(=O)NC4=O)nn4ccnc34)c2)C1. The van der Waals surface area contributed by atoms with Gasteiger partial charge in [-0.2, -0.15) is 5.10 Å². The standard InChI is InChI=1S/C24H24N6O3/c1-13-11-29(12-13)23(32)15-4-2-3-14(7-15)16-8-17(16)18-9-20(28-30-6-5-25-21(18)30)19-10-26-24(33)27-22(19)31/h2-7,9,13,16-17,19H,8,10-12H2,1H3,(H2,26,27,31,33)/t16-,17+,19?/m1/s1. The molecule has 1 aromatic carbocycles. The van der Waals surface area contributed by atoms with Crippen LogP contribution in [0, 0.1) is 5.92 Å². The van der Waals surface area contributed by atoms with Crippen molar-refractivity contribution >= 4 is 23.5 Å². The molecular weight excluding hydrogens is 420 g/mol. The molecule has 3 aromatic rings. The lowest BCUT2D eigenvalue weighted by molar-refractivity contribution is -0.122. The van der Waals surface area contributed by atoms with Crippen molar-refractivity contribution in [2.24, 2.45) is 5.92 Å². The van der Waals surface area contributed by atoms with Gasteiger partial charge in [0.15, 0.2) is 5.65 Å². The highest BCUT2D eigenvalue weighted by Crippen LogP contribution is 2.55. The minimum absolute atomic E-state index is 0.0966. The molecule has 2 aromatic heterocycles. The molecule has 9 heteroatoms. The second kappa shape index (κ2) is 7.40. The fourth-order valence-corrected chi connectivity index (χ4v) is 5.03. The summed E-state index contributed by atoms with van der Waals surface area (Å²) in [4.78, 5) is 43.0.